The molecule has 1 aliphatic carbocycles. The number of allylic oxidation sites excluding steroid dienone is 1. The molecule has 1 aromatic rings. The molecule has 2 nitrogen and oxygen atoms in total. The third-order valence-corrected chi connectivity index (χ3v) is 3.78. The molecule has 3 rings (SSSR count). The van der Waals surface area contributed by atoms with Crippen molar-refractivity contribution in [2.75, 3.05) is 13.2 Å². The van der Waals surface area contributed by atoms with Crippen molar-refractivity contribution in [3.63, 3.8) is 0 Å². The van der Waals surface area contributed by atoms with Gasteiger partial charge in [0.05, 0.1) is 0 Å². The van der Waals surface area contributed by atoms with Crippen molar-refractivity contribution in [1.82, 2.24) is 0 Å². The summed E-state index contributed by atoms with van der Waals surface area (Å²) in [5, 5.41) is 0. The van der Waals surface area contributed by atoms with E-state index in [0.717, 1.165) is 17.4 Å². The minimum atomic E-state index is 0.656. The molecule has 0 N–H and O–H groups in total. The van der Waals surface area contributed by atoms with E-state index in [-0.39, 0.29) is 0 Å². The van der Waals surface area contributed by atoms with Crippen molar-refractivity contribution in [2.45, 2.75) is 32.1 Å². The molecule has 0 aromatic heterocycles. The fraction of sp³-hybridized carbons (Fsp3) is 0.500. The average molecular weight is 244 g/mol. The van der Waals surface area contributed by atoms with Gasteiger partial charge in [-0.15, -0.1) is 0 Å². The topological polar surface area (TPSA) is 18.5 Å². The van der Waals surface area contributed by atoms with Crippen LogP contribution in [0.15, 0.2) is 24.3 Å². The summed E-state index contributed by atoms with van der Waals surface area (Å²) >= 11 is 0. The maximum absolute atomic E-state index is 5.60. The van der Waals surface area contributed by atoms with Crippen LogP contribution >= 0.6 is 0 Å². The van der Waals surface area contributed by atoms with Crippen LogP contribution < -0.4 is 9.47 Å². The number of hydrogen-bond donors (Lipinski definition) is 0. The van der Waals surface area contributed by atoms with E-state index >= 15 is 0 Å². The zero-order chi connectivity index (χ0) is 12.2. The first kappa shape index (κ1) is 11.6. The maximum atomic E-state index is 5.60. The summed E-state index contributed by atoms with van der Waals surface area (Å²) in [6, 6.07) is 6.19. The summed E-state index contributed by atoms with van der Waals surface area (Å²) in [7, 11) is 0. The summed E-state index contributed by atoms with van der Waals surface area (Å²) in [5.41, 5.74) is 1.21. The summed E-state index contributed by atoms with van der Waals surface area (Å²) in [5.74, 6) is 2.52. The second-order valence-electron chi connectivity index (χ2n) is 5.16. The number of fused-ring (bicyclic) bond motifs is 1. The Balaban J connectivity index is 1.70. The van der Waals surface area contributed by atoms with Gasteiger partial charge in [0.25, 0.3) is 0 Å². The minimum absolute atomic E-state index is 0.656. The molecular formula is C16H20O2. The van der Waals surface area contributed by atoms with E-state index < -0.39 is 0 Å². The molecule has 0 bridgehead atoms. The smallest absolute Gasteiger partial charge is 0.161 e. The highest BCUT2D eigenvalue weighted by molar-refractivity contribution is 5.56. The van der Waals surface area contributed by atoms with Gasteiger partial charge in [-0.2, -0.15) is 0 Å². The van der Waals surface area contributed by atoms with Crippen LogP contribution in [0.4, 0.5) is 0 Å². The van der Waals surface area contributed by atoms with Crippen molar-refractivity contribution in [3.05, 3.63) is 29.8 Å². The summed E-state index contributed by atoms with van der Waals surface area (Å²) in [6.07, 6.45) is 11.5. The van der Waals surface area contributed by atoms with Gasteiger partial charge in [-0.25, -0.2) is 0 Å². The van der Waals surface area contributed by atoms with E-state index in [4.69, 9.17) is 9.47 Å². The first-order valence-electron chi connectivity index (χ1n) is 7.00. The van der Waals surface area contributed by atoms with Crippen LogP contribution in [0.1, 0.15) is 37.7 Å². The van der Waals surface area contributed by atoms with E-state index in [9.17, 15) is 0 Å². The Kier molecular flexibility index (Phi) is 3.54. The molecule has 1 aromatic carbocycles. The molecule has 0 spiro atoms. The fourth-order valence-electron chi connectivity index (χ4n) is 2.74. The molecule has 1 aliphatic heterocycles. The Morgan fingerprint density at radius 1 is 0.944 bits per heavy atom. The largest absolute Gasteiger partial charge is 0.486 e. The van der Waals surface area contributed by atoms with Crippen LogP contribution in [-0.4, -0.2) is 13.2 Å². The van der Waals surface area contributed by atoms with Gasteiger partial charge >= 0.3 is 0 Å². The highest BCUT2D eigenvalue weighted by Gasteiger charge is 2.12. The molecular weight excluding hydrogens is 224 g/mol. The Morgan fingerprint density at radius 2 is 1.72 bits per heavy atom. The number of ether oxygens (including phenoxy) is 2. The first-order chi connectivity index (χ1) is 8.92. The van der Waals surface area contributed by atoms with Crippen molar-refractivity contribution in [2.24, 2.45) is 5.92 Å². The van der Waals surface area contributed by atoms with Crippen molar-refractivity contribution < 1.29 is 9.47 Å². The second kappa shape index (κ2) is 5.47. The SMILES string of the molecule is C(=C\C1CCCCC1)/c1ccc2c(c1)OCCO2. The summed E-state index contributed by atoms with van der Waals surface area (Å²) in [6.45, 7) is 1.31. The average Bonchev–Trinajstić information content (AvgIpc) is 2.46. The van der Waals surface area contributed by atoms with Crippen molar-refractivity contribution >= 4 is 6.08 Å². The van der Waals surface area contributed by atoms with Gasteiger partial charge in [-0.3, -0.25) is 0 Å². The number of rotatable bonds is 2. The van der Waals surface area contributed by atoms with Crippen LogP contribution in [0, 0.1) is 5.92 Å². The lowest BCUT2D eigenvalue weighted by Gasteiger charge is -2.19. The molecule has 0 saturated heterocycles. The summed E-state index contributed by atoms with van der Waals surface area (Å²) < 4.78 is 11.1. The van der Waals surface area contributed by atoms with Gasteiger partial charge in [0.15, 0.2) is 11.5 Å². The zero-order valence-corrected chi connectivity index (χ0v) is 10.7. The van der Waals surface area contributed by atoms with E-state index in [1.807, 2.05) is 6.07 Å². The van der Waals surface area contributed by atoms with Gasteiger partial charge < -0.3 is 9.47 Å². The van der Waals surface area contributed by atoms with Gasteiger partial charge in [0.1, 0.15) is 13.2 Å². The lowest BCUT2D eigenvalue weighted by atomic mass is 9.89. The van der Waals surface area contributed by atoms with Crippen LogP contribution in [-0.2, 0) is 0 Å². The summed E-state index contributed by atoms with van der Waals surface area (Å²) in [4.78, 5) is 0. The third kappa shape index (κ3) is 2.69. The molecule has 18 heavy (non-hydrogen) atoms. The van der Waals surface area contributed by atoms with Crippen LogP contribution in [0.3, 0.4) is 0 Å². The zero-order valence-electron chi connectivity index (χ0n) is 10.7. The predicted molar refractivity (Wildman–Crippen MR) is 73.0 cm³/mol. The van der Waals surface area contributed by atoms with E-state index in [2.05, 4.69) is 24.3 Å². The molecule has 2 aliphatic rings. The number of hydrogen-bond acceptors (Lipinski definition) is 2. The highest BCUT2D eigenvalue weighted by atomic mass is 16.6. The molecule has 0 amide bonds. The third-order valence-electron chi connectivity index (χ3n) is 3.78. The molecule has 0 atom stereocenters. The standard InChI is InChI=1S/C16H20O2/c1-2-4-13(5-3-1)6-7-14-8-9-15-16(12-14)18-11-10-17-15/h6-9,12-13H,1-5,10-11H2/b7-6+. The van der Waals surface area contributed by atoms with Gasteiger partial charge in [0.2, 0.25) is 0 Å². The lowest BCUT2D eigenvalue weighted by molar-refractivity contribution is 0.171. The maximum Gasteiger partial charge on any atom is 0.161 e. The Bertz CT molecular complexity index is 431. The van der Waals surface area contributed by atoms with E-state index in [1.165, 1.54) is 37.7 Å². The predicted octanol–water partition coefficient (Wildman–Crippen LogP) is 4.05. The van der Waals surface area contributed by atoms with E-state index in [0.29, 0.717) is 13.2 Å². The first-order valence-corrected chi connectivity index (χ1v) is 7.00. The number of benzene rings is 1. The lowest BCUT2D eigenvalue weighted by Crippen LogP contribution is -2.15. The quantitative estimate of drug-likeness (QED) is 0.781. The van der Waals surface area contributed by atoms with Crippen molar-refractivity contribution in [1.29, 1.82) is 0 Å². The molecule has 0 radical (unpaired) electrons. The fourth-order valence-corrected chi connectivity index (χ4v) is 2.74. The molecule has 1 fully saturated rings. The molecule has 2 heteroatoms. The normalized spacial score (nSPS) is 20.2. The molecule has 1 heterocycles. The Hall–Kier alpha value is -1.44. The Morgan fingerprint density at radius 3 is 2.56 bits per heavy atom. The second-order valence-corrected chi connectivity index (χ2v) is 5.16. The van der Waals surface area contributed by atoms with Crippen LogP contribution in [0.25, 0.3) is 6.08 Å². The van der Waals surface area contributed by atoms with Crippen molar-refractivity contribution in [3.8, 4) is 11.5 Å². The van der Waals surface area contributed by atoms with Crippen LogP contribution in [0.5, 0.6) is 11.5 Å². The van der Waals surface area contributed by atoms with E-state index in [1.54, 1.807) is 0 Å². The van der Waals surface area contributed by atoms with Crippen LogP contribution in [0.2, 0.25) is 0 Å². The molecule has 96 valence electrons. The molecule has 1 saturated carbocycles. The van der Waals surface area contributed by atoms with Gasteiger partial charge in [-0.1, -0.05) is 37.5 Å². The minimum Gasteiger partial charge on any atom is -0.486 e. The van der Waals surface area contributed by atoms with Gasteiger partial charge in [-0.05, 0) is 36.5 Å². The highest BCUT2D eigenvalue weighted by Crippen LogP contribution is 2.32. The monoisotopic (exact) mass is 244 g/mol. The Labute approximate surface area is 109 Å². The molecule has 0 unspecified atom stereocenters. The van der Waals surface area contributed by atoms with Gasteiger partial charge in [0, 0.05) is 0 Å².